The van der Waals surface area contributed by atoms with Crippen LogP contribution >= 0.6 is 0 Å². The molecule has 3 aromatic carbocycles. The molecule has 43 heavy (non-hydrogen) atoms. The third-order valence-corrected chi connectivity index (χ3v) is 6.49. The van der Waals surface area contributed by atoms with Gasteiger partial charge in [-0.3, -0.25) is 14.4 Å². The van der Waals surface area contributed by atoms with Crippen molar-refractivity contribution < 1.29 is 42.0 Å². The first-order chi connectivity index (χ1) is 20.3. The molecule has 0 aliphatic carbocycles. The van der Waals surface area contributed by atoms with Gasteiger partial charge in [0.2, 0.25) is 5.91 Å². The van der Waals surface area contributed by atoms with Gasteiger partial charge < -0.3 is 25.2 Å². The highest BCUT2D eigenvalue weighted by Crippen LogP contribution is 2.41. The number of nitrogens with zero attached hydrogens (tertiary/aromatic N) is 3. The van der Waals surface area contributed by atoms with Crippen LogP contribution in [0.4, 0.5) is 24.5 Å². The number of alkyl halides is 3. The normalized spacial score (nSPS) is 11.1. The predicted molar refractivity (Wildman–Crippen MR) is 148 cm³/mol. The molecule has 0 saturated carbocycles. The molecule has 14 heteroatoms. The largest absolute Gasteiger partial charge is 0.478 e. The van der Waals surface area contributed by atoms with Crippen molar-refractivity contribution >= 4 is 46.0 Å². The summed E-state index contributed by atoms with van der Waals surface area (Å²) in [6, 6.07) is 10.8. The second-order valence-corrected chi connectivity index (χ2v) is 9.22. The first-order valence-electron chi connectivity index (χ1n) is 12.5. The number of rotatable bonds is 7. The third-order valence-electron chi connectivity index (χ3n) is 6.49. The standard InChI is InChI=1S/C29H22F3N5O6/c1-4-34-26(39)19-12-24-21(11-18(19)17-7-6-16(37(3)14(2)38)10-22(17)29(30,31)32)25(36-43-24)27(40)35-23-8-5-15(13-33)9-20(23)28(41)42/h5-12H,4H2,1-3H3,(H,34,39)(H,35,40)(H,41,42). The fraction of sp³-hybridized carbons (Fsp3) is 0.172. The smallest absolute Gasteiger partial charge is 0.417 e. The maximum absolute atomic E-state index is 14.4. The van der Waals surface area contributed by atoms with Crippen molar-refractivity contribution in [2.75, 3.05) is 23.8 Å². The van der Waals surface area contributed by atoms with Crippen LogP contribution in [0.5, 0.6) is 0 Å². The number of hydrogen-bond donors (Lipinski definition) is 3. The highest BCUT2D eigenvalue weighted by molar-refractivity contribution is 6.14. The van der Waals surface area contributed by atoms with E-state index in [1.807, 2.05) is 0 Å². The van der Waals surface area contributed by atoms with E-state index in [0.717, 1.165) is 35.2 Å². The fourth-order valence-corrected chi connectivity index (χ4v) is 4.29. The van der Waals surface area contributed by atoms with E-state index in [-0.39, 0.29) is 51.1 Å². The molecular weight excluding hydrogens is 571 g/mol. The van der Waals surface area contributed by atoms with Gasteiger partial charge in [0, 0.05) is 26.2 Å². The zero-order valence-electron chi connectivity index (χ0n) is 22.8. The van der Waals surface area contributed by atoms with Crippen LogP contribution < -0.4 is 15.5 Å². The Labute approximate surface area is 241 Å². The van der Waals surface area contributed by atoms with E-state index in [2.05, 4.69) is 15.8 Å². The SMILES string of the molecule is CCNC(=O)c1cc2onc(C(=O)Nc3ccc(C#N)cc3C(=O)O)c2cc1-c1ccc(N(C)C(C)=O)cc1C(F)(F)F. The van der Waals surface area contributed by atoms with E-state index in [1.54, 1.807) is 13.0 Å². The molecule has 220 valence electrons. The molecule has 0 aliphatic rings. The minimum absolute atomic E-state index is 0.0331. The summed E-state index contributed by atoms with van der Waals surface area (Å²) in [6.07, 6.45) is -4.91. The van der Waals surface area contributed by atoms with E-state index in [1.165, 1.54) is 32.2 Å². The molecule has 0 atom stereocenters. The van der Waals surface area contributed by atoms with E-state index >= 15 is 0 Å². The van der Waals surface area contributed by atoms with Crippen molar-refractivity contribution in [1.29, 1.82) is 5.26 Å². The molecule has 4 aromatic rings. The molecule has 0 radical (unpaired) electrons. The van der Waals surface area contributed by atoms with Crippen LogP contribution in [0.25, 0.3) is 22.1 Å². The predicted octanol–water partition coefficient (Wildman–Crippen LogP) is 5.07. The molecule has 1 heterocycles. The van der Waals surface area contributed by atoms with Crippen LogP contribution in [0.15, 0.2) is 53.1 Å². The number of hydrogen-bond acceptors (Lipinski definition) is 7. The van der Waals surface area contributed by atoms with Crippen molar-refractivity contribution in [3.05, 3.63) is 76.5 Å². The second kappa shape index (κ2) is 11.6. The van der Waals surface area contributed by atoms with Crippen LogP contribution in [0.3, 0.4) is 0 Å². The van der Waals surface area contributed by atoms with Crippen LogP contribution in [-0.4, -0.2) is 47.5 Å². The summed E-state index contributed by atoms with van der Waals surface area (Å²) in [7, 11) is 1.31. The molecule has 4 rings (SSSR count). The van der Waals surface area contributed by atoms with Gasteiger partial charge >= 0.3 is 12.1 Å². The number of carbonyl (C=O) groups excluding carboxylic acids is 3. The minimum atomic E-state index is -4.91. The summed E-state index contributed by atoms with van der Waals surface area (Å²) < 4.78 is 48.3. The van der Waals surface area contributed by atoms with Crippen molar-refractivity contribution in [3.8, 4) is 17.2 Å². The Morgan fingerprint density at radius 1 is 1.02 bits per heavy atom. The highest BCUT2D eigenvalue weighted by Gasteiger charge is 2.36. The first kappa shape index (κ1) is 30.3. The molecule has 0 spiro atoms. The number of amides is 3. The van der Waals surface area contributed by atoms with Gasteiger partial charge in [0.1, 0.15) is 0 Å². The van der Waals surface area contributed by atoms with Crippen molar-refractivity contribution in [1.82, 2.24) is 10.5 Å². The number of carbonyl (C=O) groups is 4. The maximum atomic E-state index is 14.4. The highest BCUT2D eigenvalue weighted by atomic mass is 19.4. The van der Waals surface area contributed by atoms with E-state index in [0.29, 0.717) is 0 Å². The molecule has 0 saturated heterocycles. The Hall–Kier alpha value is -5.71. The Morgan fingerprint density at radius 2 is 1.74 bits per heavy atom. The lowest BCUT2D eigenvalue weighted by atomic mass is 9.92. The molecule has 0 fully saturated rings. The first-order valence-corrected chi connectivity index (χ1v) is 12.5. The Bertz CT molecular complexity index is 1840. The average Bonchev–Trinajstić information content (AvgIpc) is 3.38. The Balaban J connectivity index is 1.91. The lowest BCUT2D eigenvalue weighted by Gasteiger charge is -2.20. The molecule has 0 bridgehead atoms. The van der Waals surface area contributed by atoms with Crippen LogP contribution in [-0.2, 0) is 11.0 Å². The quantitative estimate of drug-likeness (QED) is 0.267. The van der Waals surface area contributed by atoms with Gasteiger partial charge in [-0.15, -0.1) is 0 Å². The summed E-state index contributed by atoms with van der Waals surface area (Å²) in [5, 5.41) is 27.2. The van der Waals surface area contributed by atoms with Crippen molar-refractivity contribution in [2.45, 2.75) is 20.0 Å². The van der Waals surface area contributed by atoms with Gasteiger partial charge in [0.05, 0.1) is 39.4 Å². The summed E-state index contributed by atoms with van der Waals surface area (Å²) in [5.41, 5.74) is -3.02. The zero-order chi connectivity index (χ0) is 31.6. The van der Waals surface area contributed by atoms with Crippen LogP contribution in [0.2, 0.25) is 0 Å². The Morgan fingerprint density at radius 3 is 2.35 bits per heavy atom. The summed E-state index contributed by atoms with van der Waals surface area (Å²) >= 11 is 0. The van der Waals surface area contributed by atoms with Gasteiger partial charge in [-0.05, 0) is 60.5 Å². The third kappa shape index (κ3) is 6.01. The monoisotopic (exact) mass is 593 g/mol. The van der Waals surface area contributed by atoms with E-state index in [9.17, 15) is 37.5 Å². The molecule has 0 unspecified atom stereocenters. The van der Waals surface area contributed by atoms with Crippen LogP contribution in [0.1, 0.15) is 56.2 Å². The molecular formula is C29H22F3N5O6. The number of carboxylic acid groups (broad SMARTS) is 1. The second-order valence-electron chi connectivity index (χ2n) is 9.22. The number of aromatic nitrogens is 1. The number of halogens is 3. The lowest BCUT2D eigenvalue weighted by molar-refractivity contribution is -0.137. The number of nitriles is 1. The fourth-order valence-electron chi connectivity index (χ4n) is 4.29. The van der Waals surface area contributed by atoms with Gasteiger partial charge in [-0.1, -0.05) is 11.2 Å². The molecule has 3 N–H and O–H groups in total. The summed E-state index contributed by atoms with van der Waals surface area (Å²) in [5.74, 6) is -3.61. The van der Waals surface area contributed by atoms with Crippen molar-refractivity contribution in [2.24, 2.45) is 0 Å². The summed E-state index contributed by atoms with van der Waals surface area (Å²) in [4.78, 5) is 50.7. The maximum Gasteiger partial charge on any atom is 0.417 e. The molecule has 1 aromatic heterocycles. The molecule has 0 aliphatic heterocycles. The lowest BCUT2D eigenvalue weighted by Crippen LogP contribution is -2.24. The number of aromatic carboxylic acids is 1. The molecule has 3 amide bonds. The molecule has 11 nitrogen and oxygen atoms in total. The topological polar surface area (TPSA) is 166 Å². The number of fused-ring (bicyclic) bond motifs is 1. The van der Waals surface area contributed by atoms with E-state index in [4.69, 9.17) is 9.78 Å². The number of carboxylic acids is 1. The number of anilines is 2. The van der Waals surface area contributed by atoms with Crippen molar-refractivity contribution in [3.63, 3.8) is 0 Å². The number of benzene rings is 3. The Kier molecular flexibility index (Phi) is 8.20. The van der Waals surface area contributed by atoms with Crippen LogP contribution in [0, 0.1) is 11.3 Å². The van der Waals surface area contributed by atoms with Gasteiger partial charge in [0.25, 0.3) is 11.8 Å². The van der Waals surface area contributed by atoms with Gasteiger partial charge in [0.15, 0.2) is 11.3 Å². The minimum Gasteiger partial charge on any atom is -0.478 e. The van der Waals surface area contributed by atoms with Gasteiger partial charge in [-0.2, -0.15) is 18.4 Å². The summed E-state index contributed by atoms with van der Waals surface area (Å²) in [6.45, 7) is 2.97. The van der Waals surface area contributed by atoms with E-state index < -0.39 is 46.7 Å². The zero-order valence-corrected chi connectivity index (χ0v) is 22.8. The van der Waals surface area contributed by atoms with Gasteiger partial charge in [-0.25, -0.2) is 4.79 Å². The number of nitrogens with one attached hydrogen (secondary N) is 2. The average molecular weight is 594 g/mol.